The highest BCUT2D eigenvalue weighted by molar-refractivity contribution is 6.33. The number of anilines is 2. The third-order valence-electron chi connectivity index (χ3n) is 3.37. The molecular formula is C17H19ClN4O2. The minimum absolute atomic E-state index is 0.120. The molecular weight excluding hydrogens is 328 g/mol. The Kier molecular flexibility index (Phi) is 6.03. The minimum Gasteiger partial charge on any atom is -0.375 e. The van der Waals surface area contributed by atoms with Crippen LogP contribution in [0.2, 0.25) is 5.02 Å². The Labute approximate surface area is 145 Å². The minimum atomic E-state index is -0.616. The van der Waals surface area contributed by atoms with E-state index in [1.165, 1.54) is 0 Å². The van der Waals surface area contributed by atoms with E-state index >= 15 is 0 Å². The molecule has 0 bridgehead atoms. The van der Waals surface area contributed by atoms with Gasteiger partial charge in [-0.2, -0.15) is 0 Å². The highest BCUT2D eigenvalue weighted by Crippen LogP contribution is 2.20. The molecule has 126 valence electrons. The summed E-state index contributed by atoms with van der Waals surface area (Å²) in [5, 5.41) is 8.93. The SMILES string of the molecule is C[C@H](NC(=O)CNc1ccccc1Cl)c1ccc(NC(N)=O)cc1. The van der Waals surface area contributed by atoms with Crippen molar-refractivity contribution in [3.05, 3.63) is 59.1 Å². The van der Waals surface area contributed by atoms with Gasteiger partial charge in [-0.1, -0.05) is 35.9 Å². The maximum Gasteiger partial charge on any atom is 0.316 e. The lowest BCUT2D eigenvalue weighted by molar-refractivity contribution is -0.120. The molecule has 0 spiro atoms. The van der Waals surface area contributed by atoms with Gasteiger partial charge >= 0.3 is 6.03 Å². The van der Waals surface area contributed by atoms with Crippen molar-refractivity contribution in [2.24, 2.45) is 5.73 Å². The zero-order valence-electron chi connectivity index (χ0n) is 13.2. The molecule has 7 heteroatoms. The van der Waals surface area contributed by atoms with Gasteiger partial charge in [0.2, 0.25) is 5.91 Å². The molecule has 0 fully saturated rings. The first-order valence-electron chi connectivity index (χ1n) is 7.40. The van der Waals surface area contributed by atoms with Gasteiger partial charge in [-0.3, -0.25) is 4.79 Å². The van der Waals surface area contributed by atoms with Crippen molar-refractivity contribution >= 4 is 34.9 Å². The van der Waals surface area contributed by atoms with Gasteiger partial charge in [-0.05, 0) is 36.8 Å². The fraction of sp³-hybridized carbons (Fsp3) is 0.176. The van der Waals surface area contributed by atoms with Crippen molar-refractivity contribution in [1.82, 2.24) is 5.32 Å². The van der Waals surface area contributed by atoms with Crippen molar-refractivity contribution in [3.63, 3.8) is 0 Å². The van der Waals surface area contributed by atoms with Crippen LogP contribution in [-0.2, 0) is 4.79 Å². The molecule has 0 aliphatic heterocycles. The molecule has 0 radical (unpaired) electrons. The monoisotopic (exact) mass is 346 g/mol. The van der Waals surface area contributed by atoms with E-state index in [1.54, 1.807) is 18.2 Å². The lowest BCUT2D eigenvalue weighted by atomic mass is 10.1. The Hall–Kier alpha value is -2.73. The van der Waals surface area contributed by atoms with Gasteiger partial charge in [0.15, 0.2) is 0 Å². The lowest BCUT2D eigenvalue weighted by Gasteiger charge is -2.16. The van der Waals surface area contributed by atoms with E-state index in [2.05, 4.69) is 16.0 Å². The van der Waals surface area contributed by atoms with E-state index in [9.17, 15) is 9.59 Å². The number of urea groups is 1. The molecule has 2 aromatic rings. The van der Waals surface area contributed by atoms with E-state index in [4.69, 9.17) is 17.3 Å². The van der Waals surface area contributed by atoms with E-state index in [0.29, 0.717) is 16.4 Å². The van der Waals surface area contributed by atoms with Crippen molar-refractivity contribution < 1.29 is 9.59 Å². The van der Waals surface area contributed by atoms with Gasteiger partial charge in [0.1, 0.15) is 0 Å². The summed E-state index contributed by atoms with van der Waals surface area (Å²) in [6, 6.07) is 13.5. The number of hydrogen-bond donors (Lipinski definition) is 4. The van der Waals surface area contributed by atoms with Gasteiger partial charge in [-0.25, -0.2) is 4.79 Å². The zero-order valence-corrected chi connectivity index (χ0v) is 13.9. The second kappa shape index (κ2) is 8.21. The Balaban J connectivity index is 1.87. The standard InChI is InChI=1S/C17H19ClN4O2/c1-11(12-6-8-13(9-7-12)22-17(19)24)21-16(23)10-20-15-5-3-2-4-14(15)18/h2-9,11,20H,10H2,1H3,(H,21,23)(H3,19,22,24)/t11-/m0/s1. The fourth-order valence-electron chi connectivity index (χ4n) is 2.15. The van der Waals surface area contributed by atoms with Crippen LogP contribution in [0, 0.1) is 0 Å². The molecule has 2 rings (SSSR count). The third kappa shape index (κ3) is 5.17. The number of para-hydroxylation sites is 1. The summed E-state index contributed by atoms with van der Waals surface area (Å²) >= 11 is 6.03. The van der Waals surface area contributed by atoms with Crippen LogP contribution in [0.1, 0.15) is 18.5 Å². The average Bonchev–Trinajstić information content (AvgIpc) is 2.54. The molecule has 0 aliphatic rings. The maximum atomic E-state index is 12.0. The molecule has 0 unspecified atom stereocenters. The van der Waals surface area contributed by atoms with Crippen LogP contribution >= 0.6 is 11.6 Å². The highest BCUT2D eigenvalue weighted by Gasteiger charge is 2.10. The Morgan fingerprint density at radius 2 is 1.79 bits per heavy atom. The number of primary amides is 1. The van der Waals surface area contributed by atoms with Crippen LogP contribution in [0.3, 0.4) is 0 Å². The number of amides is 3. The van der Waals surface area contributed by atoms with Gasteiger partial charge in [0, 0.05) is 5.69 Å². The summed E-state index contributed by atoms with van der Waals surface area (Å²) in [5.41, 5.74) is 7.28. The first kappa shape index (κ1) is 17.6. The van der Waals surface area contributed by atoms with Crippen LogP contribution < -0.4 is 21.7 Å². The Morgan fingerprint density at radius 3 is 2.42 bits per heavy atom. The molecule has 6 nitrogen and oxygen atoms in total. The van der Waals surface area contributed by atoms with Crippen LogP contribution in [0.15, 0.2) is 48.5 Å². The third-order valence-corrected chi connectivity index (χ3v) is 3.70. The summed E-state index contributed by atoms with van der Waals surface area (Å²) in [6.45, 7) is 2.00. The second-order valence-corrected chi connectivity index (χ2v) is 5.64. The van der Waals surface area contributed by atoms with Gasteiger partial charge in [0.25, 0.3) is 0 Å². The van der Waals surface area contributed by atoms with Gasteiger partial charge < -0.3 is 21.7 Å². The van der Waals surface area contributed by atoms with Crippen molar-refractivity contribution in [2.75, 3.05) is 17.2 Å². The highest BCUT2D eigenvalue weighted by atomic mass is 35.5. The van der Waals surface area contributed by atoms with Gasteiger partial charge in [-0.15, -0.1) is 0 Å². The quantitative estimate of drug-likeness (QED) is 0.647. The normalized spacial score (nSPS) is 11.4. The number of benzene rings is 2. The summed E-state index contributed by atoms with van der Waals surface area (Å²) in [5.74, 6) is -0.151. The van der Waals surface area contributed by atoms with Crippen LogP contribution in [0.4, 0.5) is 16.2 Å². The molecule has 5 N–H and O–H groups in total. The van der Waals surface area contributed by atoms with E-state index in [0.717, 1.165) is 5.56 Å². The van der Waals surface area contributed by atoms with E-state index in [1.807, 2.05) is 37.3 Å². The number of carbonyl (C=O) groups is 2. The van der Waals surface area contributed by atoms with E-state index in [-0.39, 0.29) is 18.5 Å². The smallest absolute Gasteiger partial charge is 0.316 e. The Bertz CT molecular complexity index is 719. The molecule has 0 saturated carbocycles. The predicted molar refractivity (Wildman–Crippen MR) is 96.1 cm³/mol. The summed E-state index contributed by atoms with van der Waals surface area (Å²) in [6.07, 6.45) is 0. The molecule has 0 saturated heterocycles. The number of carbonyl (C=O) groups excluding carboxylic acids is 2. The number of hydrogen-bond acceptors (Lipinski definition) is 3. The molecule has 24 heavy (non-hydrogen) atoms. The average molecular weight is 347 g/mol. The zero-order chi connectivity index (χ0) is 17.5. The molecule has 1 atom stereocenters. The largest absolute Gasteiger partial charge is 0.375 e. The molecule has 3 amide bonds. The molecule has 0 heterocycles. The van der Waals surface area contributed by atoms with Crippen molar-refractivity contribution in [2.45, 2.75) is 13.0 Å². The molecule has 0 aliphatic carbocycles. The van der Waals surface area contributed by atoms with Gasteiger partial charge in [0.05, 0.1) is 23.3 Å². The molecule has 0 aromatic heterocycles. The van der Waals surface area contributed by atoms with E-state index < -0.39 is 6.03 Å². The lowest BCUT2D eigenvalue weighted by Crippen LogP contribution is -2.32. The van der Waals surface area contributed by atoms with Crippen LogP contribution in [0.5, 0.6) is 0 Å². The number of nitrogens with one attached hydrogen (secondary N) is 3. The maximum absolute atomic E-state index is 12.0. The first-order chi connectivity index (χ1) is 11.5. The fourth-order valence-corrected chi connectivity index (χ4v) is 2.36. The number of halogens is 1. The summed E-state index contributed by atoms with van der Waals surface area (Å²) in [4.78, 5) is 22.8. The molecule has 2 aromatic carbocycles. The topological polar surface area (TPSA) is 96.2 Å². The van der Waals surface area contributed by atoms with Crippen molar-refractivity contribution in [3.8, 4) is 0 Å². The van der Waals surface area contributed by atoms with Crippen LogP contribution in [0.25, 0.3) is 0 Å². The predicted octanol–water partition coefficient (Wildman–Crippen LogP) is 3.12. The second-order valence-electron chi connectivity index (χ2n) is 5.23. The summed E-state index contributed by atoms with van der Waals surface area (Å²) in [7, 11) is 0. The number of nitrogens with two attached hydrogens (primary N) is 1. The number of rotatable bonds is 6. The van der Waals surface area contributed by atoms with Crippen molar-refractivity contribution in [1.29, 1.82) is 0 Å². The Morgan fingerprint density at radius 1 is 1.12 bits per heavy atom. The van der Waals surface area contributed by atoms with Crippen LogP contribution in [-0.4, -0.2) is 18.5 Å². The first-order valence-corrected chi connectivity index (χ1v) is 7.77. The summed E-state index contributed by atoms with van der Waals surface area (Å²) < 4.78 is 0.